The van der Waals surface area contributed by atoms with Crippen LogP contribution in [-0.2, 0) is 14.8 Å². The molecule has 0 saturated carbocycles. The number of Topliss-reactive ketones (excluding diaryl/α,β-unsaturated/α-hetero) is 1. The van der Waals surface area contributed by atoms with Gasteiger partial charge in [0.1, 0.15) is 5.75 Å². The van der Waals surface area contributed by atoms with Gasteiger partial charge in [0, 0.05) is 30.5 Å². The third kappa shape index (κ3) is 4.76. The molecule has 2 aromatic carbocycles. The number of amides is 1. The van der Waals surface area contributed by atoms with E-state index in [-0.39, 0.29) is 35.6 Å². The number of ketones is 1. The zero-order chi connectivity index (χ0) is 20.1. The van der Waals surface area contributed by atoms with Crippen LogP contribution in [0, 0.1) is 0 Å². The van der Waals surface area contributed by atoms with Crippen LogP contribution in [0.25, 0.3) is 0 Å². The molecule has 28 heavy (non-hydrogen) atoms. The first kappa shape index (κ1) is 20.0. The van der Waals surface area contributed by atoms with Crippen molar-refractivity contribution in [3.05, 3.63) is 59.7 Å². The molecule has 0 spiro atoms. The van der Waals surface area contributed by atoms with Crippen molar-refractivity contribution in [1.29, 1.82) is 0 Å². The molecule has 1 atom stereocenters. The first-order chi connectivity index (χ1) is 13.4. The summed E-state index contributed by atoms with van der Waals surface area (Å²) >= 11 is 0. The van der Waals surface area contributed by atoms with Gasteiger partial charge in [0.05, 0.1) is 17.5 Å². The number of sulfonamides is 1. The fraction of sp³-hybridized carbons (Fsp3) is 0.300. The predicted octanol–water partition coefficient (Wildman–Crippen LogP) is 2.20. The topological polar surface area (TPSA) is 102 Å². The number of nitrogens with one attached hydrogen (secondary N) is 2. The number of hydrogen-bond acceptors (Lipinski definition) is 5. The third-order valence-corrected chi connectivity index (χ3v) is 5.95. The van der Waals surface area contributed by atoms with Gasteiger partial charge in [0.25, 0.3) is 0 Å². The summed E-state index contributed by atoms with van der Waals surface area (Å²) in [6, 6.07) is 13.2. The maximum absolute atomic E-state index is 12.4. The van der Waals surface area contributed by atoms with Crippen LogP contribution in [-0.4, -0.2) is 33.3 Å². The molecule has 1 amide bonds. The quantitative estimate of drug-likeness (QED) is 0.692. The minimum absolute atomic E-state index is 0.000959. The summed E-state index contributed by atoms with van der Waals surface area (Å²) in [5, 5.41) is 2.93. The van der Waals surface area contributed by atoms with Crippen molar-refractivity contribution in [3.8, 4) is 5.75 Å². The standard InChI is InChI=1S/C20H22N2O5S/c1-14(23)15-5-4-6-16(13-15)28(25,26)21-11-9-20(24)22-18-10-12-27-19-8-3-2-7-17(18)19/h2-8,13,18,21H,9-12H2,1H3,(H,22,24). The number of para-hydroxylation sites is 1. The number of benzene rings is 2. The smallest absolute Gasteiger partial charge is 0.240 e. The van der Waals surface area contributed by atoms with Gasteiger partial charge < -0.3 is 10.1 Å². The van der Waals surface area contributed by atoms with Crippen LogP contribution in [0.1, 0.15) is 41.7 Å². The molecule has 2 aromatic rings. The summed E-state index contributed by atoms with van der Waals surface area (Å²) in [4.78, 5) is 23.7. The summed E-state index contributed by atoms with van der Waals surface area (Å²) in [5.41, 5.74) is 1.24. The predicted molar refractivity (Wildman–Crippen MR) is 104 cm³/mol. The summed E-state index contributed by atoms with van der Waals surface area (Å²) in [7, 11) is -3.80. The van der Waals surface area contributed by atoms with E-state index in [1.807, 2.05) is 24.3 Å². The van der Waals surface area contributed by atoms with Gasteiger partial charge in [-0.1, -0.05) is 30.3 Å². The lowest BCUT2D eigenvalue weighted by atomic mass is 10.0. The van der Waals surface area contributed by atoms with Crippen molar-refractivity contribution in [2.75, 3.05) is 13.2 Å². The van der Waals surface area contributed by atoms with Crippen molar-refractivity contribution in [2.24, 2.45) is 0 Å². The second-order valence-corrected chi connectivity index (χ2v) is 8.29. The highest BCUT2D eigenvalue weighted by Crippen LogP contribution is 2.31. The largest absolute Gasteiger partial charge is 0.493 e. The molecule has 2 N–H and O–H groups in total. The van der Waals surface area contributed by atoms with E-state index in [1.54, 1.807) is 6.07 Å². The molecule has 7 nitrogen and oxygen atoms in total. The molecular formula is C20H22N2O5S. The van der Waals surface area contributed by atoms with E-state index >= 15 is 0 Å². The lowest BCUT2D eigenvalue weighted by Crippen LogP contribution is -2.35. The van der Waals surface area contributed by atoms with E-state index < -0.39 is 10.0 Å². The van der Waals surface area contributed by atoms with E-state index in [9.17, 15) is 18.0 Å². The van der Waals surface area contributed by atoms with Crippen LogP contribution in [0.2, 0.25) is 0 Å². The Morgan fingerprint density at radius 1 is 1.14 bits per heavy atom. The van der Waals surface area contributed by atoms with Gasteiger partial charge in [-0.25, -0.2) is 13.1 Å². The Kier molecular flexibility index (Phi) is 6.11. The molecule has 3 rings (SSSR count). The Labute approximate surface area is 164 Å². The van der Waals surface area contributed by atoms with Crippen molar-refractivity contribution >= 4 is 21.7 Å². The number of rotatable bonds is 7. The number of carbonyl (C=O) groups is 2. The molecule has 1 aliphatic heterocycles. The average molecular weight is 402 g/mol. The first-order valence-electron chi connectivity index (χ1n) is 8.98. The van der Waals surface area contributed by atoms with Crippen LogP contribution in [0.15, 0.2) is 53.4 Å². The van der Waals surface area contributed by atoms with Gasteiger partial charge in [0.15, 0.2) is 5.78 Å². The number of carbonyl (C=O) groups excluding carboxylic acids is 2. The summed E-state index contributed by atoms with van der Waals surface area (Å²) in [6.07, 6.45) is 0.664. The van der Waals surface area contributed by atoms with Gasteiger partial charge >= 0.3 is 0 Å². The Morgan fingerprint density at radius 3 is 2.71 bits per heavy atom. The van der Waals surface area contributed by atoms with Crippen LogP contribution in [0.4, 0.5) is 0 Å². The first-order valence-corrected chi connectivity index (χ1v) is 10.5. The van der Waals surface area contributed by atoms with Gasteiger partial charge in [0.2, 0.25) is 15.9 Å². The molecule has 0 saturated heterocycles. The van der Waals surface area contributed by atoms with Gasteiger partial charge in [-0.15, -0.1) is 0 Å². The van der Waals surface area contributed by atoms with E-state index in [2.05, 4.69) is 10.0 Å². The van der Waals surface area contributed by atoms with E-state index in [1.165, 1.54) is 25.1 Å². The second-order valence-electron chi connectivity index (χ2n) is 6.53. The monoisotopic (exact) mass is 402 g/mol. The van der Waals surface area contributed by atoms with E-state index in [4.69, 9.17) is 4.74 Å². The Morgan fingerprint density at radius 2 is 1.93 bits per heavy atom. The van der Waals surface area contributed by atoms with Crippen LogP contribution < -0.4 is 14.8 Å². The lowest BCUT2D eigenvalue weighted by molar-refractivity contribution is -0.121. The van der Waals surface area contributed by atoms with Crippen molar-refractivity contribution in [1.82, 2.24) is 10.0 Å². The average Bonchev–Trinajstić information content (AvgIpc) is 2.68. The van der Waals surface area contributed by atoms with E-state index in [0.717, 1.165) is 11.3 Å². The third-order valence-electron chi connectivity index (χ3n) is 4.49. The summed E-state index contributed by atoms with van der Waals surface area (Å²) in [5.74, 6) is 0.292. The highest BCUT2D eigenvalue weighted by molar-refractivity contribution is 7.89. The zero-order valence-electron chi connectivity index (χ0n) is 15.5. The lowest BCUT2D eigenvalue weighted by Gasteiger charge is -2.26. The molecule has 1 aliphatic rings. The van der Waals surface area contributed by atoms with Crippen LogP contribution in [0.3, 0.4) is 0 Å². The summed E-state index contributed by atoms with van der Waals surface area (Å²) < 4.78 is 32.7. The zero-order valence-corrected chi connectivity index (χ0v) is 16.3. The molecule has 1 heterocycles. The molecule has 0 fully saturated rings. The molecule has 148 valence electrons. The maximum atomic E-state index is 12.4. The molecule has 0 aromatic heterocycles. The fourth-order valence-corrected chi connectivity index (χ4v) is 4.10. The van der Waals surface area contributed by atoms with Gasteiger partial charge in [-0.2, -0.15) is 0 Å². The highest BCUT2D eigenvalue weighted by atomic mass is 32.2. The van der Waals surface area contributed by atoms with Crippen molar-refractivity contribution in [2.45, 2.75) is 30.7 Å². The Bertz CT molecular complexity index is 988. The number of fused-ring (bicyclic) bond motifs is 1. The normalized spacial score (nSPS) is 16.0. The maximum Gasteiger partial charge on any atom is 0.240 e. The minimum atomic E-state index is -3.80. The SMILES string of the molecule is CC(=O)c1cccc(S(=O)(=O)NCCC(=O)NC2CCOc3ccccc32)c1. The number of ether oxygens (including phenoxy) is 1. The summed E-state index contributed by atoms with van der Waals surface area (Å²) in [6.45, 7) is 1.85. The Hall–Kier alpha value is -2.71. The second kappa shape index (κ2) is 8.53. The van der Waals surface area contributed by atoms with E-state index in [0.29, 0.717) is 18.6 Å². The molecular weight excluding hydrogens is 380 g/mol. The van der Waals surface area contributed by atoms with Crippen LogP contribution >= 0.6 is 0 Å². The fourth-order valence-electron chi connectivity index (χ4n) is 3.02. The van der Waals surface area contributed by atoms with Crippen LogP contribution in [0.5, 0.6) is 5.75 Å². The molecule has 1 unspecified atom stereocenters. The van der Waals surface area contributed by atoms with Gasteiger partial charge in [-0.3, -0.25) is 9.59 Å². The number of hydrogen-bond donors (Lipinski definition) is 2. The highest BCUT2D eigenvalue weighted by Gasteiger charge is 2.23. The minimum Gasteiger partial charge on any atom is -0.493 e. The van der Waals surface area contributed by atoms with Crippen molar-refractivity contribution < 1.29 is 22.7 Å². The molecule has 0 radical (unpaired) electrons. The van der Waals surface area contributed by atoms with Gasteiger partial charge in [-0.05, 0) is 25.1 Å². The molecule has 0 aliphatic carbocycles. The van der Waals surface area contributed by atoms with Crippen molar-refractivity contribution in [3.63, 3.8) is 0 Å². The molecule has 8 heteroatoms. The Balaban J connectivity index is 1.56. The molecule has 0 bridgehead atoms.